The standard InChI is InChI=1S/C15H16N2O3/c1-9-14(10(2)20-16-9)11-4-3-5-12(6-11)15(19)17-7-13(18)8-17/h3-6,13,18H,7-8H2,1-2H3. The van der Waals surface area contributed by atoms with Crippen LogP contribution in [0.25, 0.3) is 11.1 Å². The van der Waals surface area contributed by atoms with E-state index in [-0.39, 0.29) is 12.0 Å². The van der Waals surface area contributed by atoms with E-state index >= 15 is 0 Å². The second-order valence-electron chi connectivity index (χ2n) is 5.14. The molecule has 0 saturated carbocycles. The van der Waals surface area contributed by atoms with Crippen molar-refractivity contribution in [3.63, 3.8) is 0 Å². The van der Waals surface area contributed by atoms with Gasteiger partial charge in [0, 0.05) is 24.2 Å². The fourth-order valence-electron chi connectivity index (χ4n) is 2.51. The summed E-state index contributed by atoms with van der Waals surface area (Å²) < 4.78 is 5.17. The first kappa shape index (κ1) is 12.9. The van der Waals surface area contributed by atoms with Crippen molar-refractivity contribution in [2.45, 2.75) is 20.0 Å². The first-order valence-electron chi connectivity index (χ1n) is 6.57. The van der Waals surface area contributed by atoms with Gasteiger partial charge in [0.05, 0.1) is 11.8 Å². The van der Waals surface area contributed by atoms with Crippen LogP contribution in [0.3, 0.4) is 0 Å². The number of benzene rings is 1. The maximum absolute atomic E-state index is 12.2. The van der Waals surface area contributed by atoms with Gasteiger partial charge in [0.2, 0.25) is 0 Å². The Bertz CT molecular complexity index is 637. The van der Waals surface area contributed by atoms with E-state index in [0.29, 0.717) is 18.7 Å². The summed E-state index contributed by atoms with van der Waals surface area (Å²) in [6.07, 6.45) is -0.385. The van der Waals surface area contributed by atoms with E-state index in [9.17, 15) is 9.90 Å². The van der Waals surface area contributed by atoms with Gasteiger partial charge >= 0.3 is 0 Å². The van der Waals surface area contributed by atoms with E-state index in [0.717, 1.165) is 22.6 Å². The van der Waals surface area contributed by atoms with E-state index in [2.05, 4.69) is 5.16 Å². The molecule has 1 saturated heterocycles. The van der Waals surface area contributed by atoms with Crippen molar-refractivity contribution in [2.75, 3.05) is 13.1 Å². The van der Waals surface area contributed by atoms with Crippen molar-refractivity contribution >= 4 is 5.91 Å². The highest BCUT2D eigenvalue weighted by Crippen LogP contribution is 2.28. The number of aromatic nitrogens is 1. The van der Waals surface area contributed by atoms with Gasteiger partial charge in [-0.1, -0.05) is 17.3 Å². The van der Waals surface area contributed by atoms with Gasteiger partial charge in [-0.3, -0.25) is 4.79 Å². The third-order valence-corrected chi connectivity index (χ3v) is 3.58. The third-order valence-electron chi connectivity index (χ3n) is 3.58. The van der Waals surface area contributed by atoms with Crippen molar-refractivity contribution in [2.24, 2.45) is 0 Å². The van der Waals surface area contributed by atoms with Gasteiger partial charge in [0.25, 0.3) is 5.91 Å². The third kappa shape index (κ3) is 2.10. The number of β-amino-alcohol motifs (C(OH)–C–C–N with tert-alkyl or cyclic N) is 1. The summed E-state index contributed by atoms with van der Waals surface area (Å²) in [5, 5.41) is 13.2. The summed E-state index contributed by atoms with van der Waals surface area (Å²) in [4.78, 5) is 13.9. The maximum Gasteiger partial charge on any atom is 0.254 e. The molecule has 1 aromatic carbocycles. The molecule has 2 heterocycles. The Morgan fingerprint density at radius 2 is 2.15 bits per heavy atom. The number of likely N-dealkylation sites (tertiary alicyclic amines) is 1. The highest BCUT2D eigenvalue weighted by atomic mass is 16.5. The molecule has 1 aliphatic rings. The van der Waals surface area contributed by atoms with E-state index in [1.807, 2.05) is 32.0 Å². The summed E-state index contributed by atoms with van der Waals surface area (Å²) in [6.45, 7) is 4.56. The molecular formula is C15H16N2O3. The van der Waals surface area contributed by atoms with Crippen LogP contribution in [0.2, 0.25) is 0 Å². The van der Waals surface area contributed by atoms with Crippen molar-refractivity contribution in [3.05, 3.63) is 41.3 Å². The van der Waals surface area contributed by atoms with Gasteiger partial charge in [0.1, 0.15) is 5.76 Å². The Labute approximate surface area is 116 Å². The number of aryl methyl sites for hydroxylation is 2. The zero-order valence-corrected chi connectivity index (χ0v) is 11.5. The number of aliphatic hydroxyl groups is 1. The van der Waals surface area contributed by atoms with Crippen LogP contribution in [-0.2, 0) is 0 Å². The summed E-state index contributed by atoms with van der Waals surface area (Å²) in [5.74, 6) is 0.690. The number of carbonyl (C=O) groups is 1. The van der Waals surface area contributed by atoms with Gasteiger partial charge in [-0.05, 0) is 31.5 Å². The number of nitrogens with zero attached hydrogens (tertiary/aromatic N) is 2. The molecular weight excluding hydrogens is 256 g/mol. The molecule has 5 heteroatoms. The minimum Gasteiger partial charge on any atom is -0.389 e. The highest BCUT2D eigenvalue weighted by molar-refractivity contribution is 5.96. The predicted molar refractivity (Wildman–Crippen MR) is 73.3 cm³/mol. The van der Waals surface area contributed by atoms with Gasteiger partial charge in [-0.15, -0.1) is 0 Å². The maximum atomic E-state index is 12.2. The minimum absolute atomic E-state index is 0.0519. The Morgan fingerprint density at radius 1 is 1.40 bits per heavy atom. The average Bonchev–Trinajstić information content (AvgIpc) is 2.74. The molecule has 20 heavy (non-hydrogen) atoms. The monoisotopic (exact) mass is 272 g/mol. The summed E-state index contributed by atoms with van der Waals surface area (Å²) in [5.41, 5.74) is 3.29. The zero-order chi connectivity index (χ0) is 14.3. The van der Waals surface area contributed by atoms with Crippen molar-refractivity contribution in [1.82, 2.24) is 10.1 Å². The smallest absolute Gasteiger partial charge is 0.254 e. The van der Waals surface area contributed by atoms with Crippen LogP contribution in [0.4, 0.5) is 0 Å². The quantitative estimate of drug-likeness (QED) is 0.905. The minimum atomic E-state index is -0.385. The van der Waals surface area contributed by atoms with Crippen LogP contribution in [0, 0.1) is 13.8 Å². The Morgan fingerprint density at radius 3 is 2.75 bits per heavy atom. The van der Waals surface area contributed by atoms with E-state index in [1.165, 1.54) is 0 Å². The lowest BCUT2D eigenvalue weighted by Crippen LogP contribution is -2.53. The summed E-state index contributed by atoms with van der Waals surface area (Å²) >= 11 is 0. The highest BCUT2D eigenvalue weighted by Gasteiger charge is 2.29. The van der Waals surface area contributed by atoms with Gasteiger partial charge in [-0.25, -0.2) is 0 Å². The van der Waals surface area contributed by atoms with Gasteiger partial charge in [0.15, 0.2) is 0 Å². The second-order valence-corrected chi connectivity index (χ2v) is 5.14. The molecule has 1 amide bonds. The molecule has 0 radical (unpaired) electrons. The topological polar surface area (TPSA) is 66.6 Å². The second kappa shape index (κ2) is 4.76. The van der Waals surface area contributed by atoms with E-state index in [1.54, 1.807) is 11.0 Å². The normalized spacial score (nSPS) is 15.2. The molecule has 1 N–H and O–H groups in total. The predicted octanol–water partition coefficient (Wildman–Crippen LogP) is 1.78. The molecule has 3 rings (SSSR count). The number of aliphatic hydroxyl groups excluding tert-OH is 1. The number of carbonyl (C=O) groups excluding carboxylic acids is 1. The molecule has 1 aliphatic heterocycles. The molecule has 1 aromatic heterocycles. The molecule has 0 atom stereocenters. The fourth-order valence-corrected chi connectivity index (χ4v) is 2.51. The largest absolute Gasteiger partial charge is 0.389 e. The first-order chi connectivity index (χ1) is 9.56. The average molecular weight is 272 g/mol. The lowest BCUT2D eigenvalue weighted by Gasteiger charge is -2.35. The number of hydrogen-bond donors (Lipinski definition) is 1. The molecule has 0 bridgehead atoms. The van der Waals surface area contributed by atoms with Crippen LogP contribution in [0.15, 0.2) is 28.8 Å². The van der Waals surface area contributed by atoms with Crippen LogP contribution >= 0.6 is 0 Å². The van der Waals surface area contributed by atoms with Crippen molar-refractivity contribution in [1.29, 1.82) is 0 Å². The Balaban J connectivity index is 1.92. The van der Waals surface area contributed by atoms with E-state index in [4.69, 9.17) is 4.52 Å². The zero-order valence-electron chi connectivity index (χ0n) is 11.5. The SMILES string of the molecule is Cc1noc(C)c1-c1cccc(C(=O)N2CC(O)C2)c1. The Hall–Kier alpha value is -2.14. The number of amides is 1. The molecule has 104 valence electrons. The molecule has 2 aromatic rings. The lowest BCUT2D eigenvalue weighted by molar-refractivity contribution is 0.00590. The summed E-state index contributed by atoms with van der Waals surface area (Å²) in [6, 6.07) is 7.42. The lowest BCUT2D eigenvalue weighted by atomic mass is 10.0. The molecule has 0 unspecified atom stereocenters. The van der Waals surface area contributed by atoms with Crippen LogP contribution in [-0.4, -0.2) is 40.3 Å². The molecule has 1 fully saturated rings. The molecule has 0 aliphatic carbocycles. The summed E-state index contributed by atoms with van der Waals surface area (Å²) in [7, 11) is 0. The van der Waals surface area contributed by atoms with Crippen molar-refractivity contribution < 1.29 is 14.4 Å². The number of hydrogen-bond acceptors (Lipinski definition) is 4. The van der Waals surface area contributed by atoms with Gasteiger partial charge in [-0.2, -0.15) is 0 Å². The Kier molecular flexibility index (Phi) is 3.06. The van der Waals surface area contributed by atoms with Crippen molar-refractivity contribution in [3.8, 4) is 11.1 Å². The van der Waals surface area contributed by atoms with E-state index < -0.39 is 0 Å². The molecule has 0 spiro atoms. The fraction of sp³-hybridized carbons (Fsp3) is 0.333. The molecule has 5 nitrogen and oxygen atoms in total. The number of rotatable bonds is 2. The van der Waals surface area contributed by atoms with Gasteiger partial charge < -0.3 is 14.5 Å². The van der Waals surface area contributed by atoms with Crippen LogP contribution < -0.4 is 0 Å². The first-order valence-corrected chi connectivity index (χ1v) is 6.57. The van der Waals surface area contributed by atoms with Crippen LogP contribution in [0.5, 0.6) is 0 Å². The van der Waals surface area contributed by atoms with Crippen LogP contribution in [0.1, 0.15) is 21.8 Å².